The lowest BCUT2D eigenvalue weighted by Gasteiger charge is -2.21. The van der Waals surface area contributed by atoms with Crippen molar-refractivity contribution in [3.05, 3.63) is 57.6 Å². The Morgan fingerprint density at radius 1 is 1.55 bits per heavy atom. The van der Waals surface area contributed by atoms with Crippen molar-refractivity contribution in [2.24, 2.45) is 10.7 Å². The largest absolute Gasteiger partial charge is 0.404 e. The number of hydrogen-bond donors (Lipinski definition) is 1. The maximum absolute atomic E-state index is 12.0. The van der Waals surface area contributed by atoms with Gasteiger partial charge in [-0.1, -0.05) is 24.4 Å². The second kappa shape index (κ2) is 6.07. The van der Waals surface area contributed by atoms with E-state index in [1.807, 2.05) is 0 Å². The predicted octanol–water partition coefficient (Wildman–Crippen LogP) is 2.49. The molecule has 0 amide bonds. The summed E-state index contributed by atoms with van der Waals surface area (Å²) in [4.78, 5) is 27.0. The minimum atomic E-state index is -0.535. The summed E-state index contributed by atoms with van der Waals surface area (Å²) in [5.74, 6) is -0.252. The second-order valence-electron chi connectivity index (χ2n) is 4.88. The number of nitro benzene ring substituents is 1. The highest BCUT2D eigenvalue weighted by molar-refractivity contribution is 7.80. The van der Waals surface area contributed by atoms with E-state index in [1.165, 1.54) is 25.3 Å². The van der Waals surface area contributed by atoms with Crippen molar-refractivity contribution in [3.8, 4) is 0 Å². The summed E-state index contributed by atoms with van der Waals surface area (Å²) >= 11 is 5.21. The number of nitrogens with two attached hydrogens (primary N) is 1. The Labute approximate surface area is 132 Å². The number of ketones is 1. The van der Waals surface area contributed by atoms with Gasteiger partial charge in [0.15, 0.2) is 5.92 Å². The van der Waals surface area contributed by atoms with Crippen molar-refractivity contribution in [1.82, 2.24) is 0 Å². The maximum Gasteiger partial charge on any atom is 0.314 e. The Morgan fingerprint density at radius 3 is 2.77 bits per heavy atom. The number of carbonyl (C=O) groups is 1. The molecule has 0 saturated heterocycles. The monoisotopic (exact) mass is 316 g/mol. The first-order chi connectivity index (χ1) is 10.4. The average Bonchev–Trinajstić information content (AvgIpc) is 2.46. The van der Waals surface area contributed by atoms with Crippen LogP contribution in [0.5, 0.6) is 0 Å². The number of Topliss-reactive ketones (excluding diaryl/α,β-unsaturated/α-hetero) is 1. The molecule has 6 nitrogen and oxygen atoms in total. The topological polar surface area (TPSA) is 98.6 Å². The zero-order valence-corrected chi connectivity index (χ0v) is 12.9. The Kier molecular flexibility index (Phi) is 4.37. The standard InChI is InChI=1S/C15H13N3O3S/c1-8-13(9(2)19)14(12(7-16)15(22)17-8)10-4-3-5-11(6-10)18(20)21/h3-7,14H,1-2H3,(H-,16,22)/p+1. The maximum atomic E-state index is 12.0. The summed E-state index contributed by atoms with van der Waals surface area (Å²) < 4.78 is 0. The van der Waals surface area contributed by atoms with Crippen LogP contribution in [0.3, 0.4) is 0 Å². The molecule has 2 rings (SSSR count). The summed E-state index contributed by atoms with van der Waals surface area (Å²) in [6.45, 7) is 3.13. The Bertz CT molecular complexity index is 724. The molecule has 1 aromatic rings. The van der Waals surface area contributed by atoms with E-state index in [-0.39, 0.29) is 11.5 Å². The SMILES string of the molecule is CC(=O)[C+]1C(C)=NC(=S)C(=CN)C1c1cccc([N+](=O)[O-])c1. The highest BCUT2D eigenvalue weighted by Gasteiger charge is 2.48. The summed E-state index contributed by atoms with van der Waals surface area (Å²) in [5.41, 5.74) is 7.21. The van der Waals surface area contributed by atoms with Crippen molar-refractivity contribution in [3.63, 3.8) is 0 Å². The van der Waals surface area contributed by atoms with Gasteiger partial charge in [0.05, 0.1) is 10.5 Å². The number of thiocarbonyl (C=S) groups is 1. The molecule has 1 aliphatic rings. The molecule has 0 saturated carbocycles. The molecule has 7 heteroatoms. The summed E-state index contributed by atoms with van der Waals surface area (Å²) in [6.07, 6.45) is 1.31. The molecule has 0 aliphatic carbocycles. The van der Waals surface area contributed by atoms with Crippen LogP contribution in [0.2, 0.25) is 0 Å². The highest BCUT2D eigenvalue weighted by atomic mass is 32.1. The van der Waals surface area contributed by atoms with Crippen molar-refractivity contribution >= 4 is 34.4 Å². The fraction of sp³-hybridized carbons (Fsp3) is 0.200. The van der Waals surface area contributed by atoms with Gasteiger partial charge in [0.1, 0.15) is 4.99 Å². The number of aliphatic imine (C=N–C) groups is 1. The molecule has 0 bridgehead atoms. The molecule has 1 unspecified atom stereocenters. The lowest BCUT2D eigenvalue weighted by atomic mass is 9.74. The van der Waals surface area contributed by atoms with Crippen molar-refractivity contribution in [2.45, 2.75) is 19.8 Å². The first kappa shape index (κ1) is 15.8. The molecule has 0 fully saturated rings. The van der Waals surface area contributed by atoms with E-state index in [4.69, 9.17) is 18.0 Å². The molecule has 22 heavy (non-hydrogen) atoms. The van der Waals surface area contributed by atoms with E-state index in [9.17, 15) is 14.9 Å². The quantitative estimate of drug-likeness (QED) is 0.304. The fourth-order valence-electron chi connectivity index (χ4n) is 2.55. The second-order valence-corrected chi connectivity index (χ2v) is 5.27. The number of carbonyl (C=O) groups excluding carboxylic acids is 1. The molecule has 1 aromatic carbocycles. The van der Waals surface area contributed by atoms with Crippen molar-refractivity contribution in [1.29, 1.82) is 0 Å². The first-order valence-corrected chi connectivity index (χ1v) is 6.91. The number of benzene rings is 1. The third-order valence-corrected chi connectivity index (χ3v) is 3.81. The minimum Gasteiger partial charge on any atom is -0.404 e. The van der Waals surface area contributed by atoms with E-state index in [0.29, 0.717) is 27.8 Å². The van der Waals surface area contributed by atoms with Crippen LogP contribution < -0.4 is 5.73 Å². The molecule has 1 atom stereocenters. The van der Waals surface area contributed by atoms with Crippen LogP contribution in [0.1, 0.15) is 25.3 Å². The molecule has 1 aliphatic heterocycles. The van der Waals surface area contributed by atoms with Crippen LogP contribution in [0.25, 0.3) is 0 Å². The molecular formula is C15H14N3O3S+. The van der Waals surface area contributed by atoms with Crippen LogP contribution in [-0.2, 0) is 4.79 Å². The molecule has 0 spiro atoms. The van der Waals surface area contributed by atoms with E-state index in [2.05, 4.69) is 4.99 Å². The van der Waals surface area contributed by atoms with Crippen LogP contribution in [0.15, 0.2) is 41.0 Å². The average molecular weight is 316 g/mol. The lowest BCUT2D eigenvalue weighted by molar-refractivity contribution is -0.384. The first-order valence-electron chi connectivity index (χ1n) is 6.50. The van der Waals surface area contributed by atoms with Gasteiger partial charge in [0.25, 0.3) is 5.69 Å². The highest BCUT2D eigenvalue weighted by Crippen LogP contribution is 2.40. The molecule has 0 radical (unpaired) electrons. The van der Waals surface area contributed by atoms with Crippen LogP contribution >= 0.6 is 12.2 Å². The van der Waals surface area contributed by atoms with Gasteiger partial charge in [0.2, 0.25) is 11.6 Å². The third-order valence-electron chi connectivity index (χ3n) is 3.48. The van der Waals surface area contributed by atoms with Gasteiger partial charge in [-0.2, -0.15) is 4.99 Å². The molecule has 1 heterocycles. The van der Waals surface area contributed by atoms with E-state index in [1.54, 1.807) is 19.1 Å². The lowest BCUT2D eigenvalue weighted by Crippen LogP contribution is -2.33. The van der Waals surface area contributed by atoms with Crippen LogP contribution in [-0.4, -0.2) is 21.4 Å². The van der Waals surface area contributed by atoms with Gasteiger partial charge in [-0.3, -0.25) is 10.1 Å². The number of rotatable bonds is 3. The Hall–Kier alpha value is -2.54. The molecule has 2 N–H and O–H groups in total. The number of non-ortho nitro benzene ring substituents is 1. The molecule has 0 aromatic heterocycles. The van der Waals surface area contributed by atoms with E-state index in [0.717, 1.165) is 0 Å². The number of hydrogen-bond acceptors (Lipinski definition) is 5. The molecule has 112 valence electrons. The van der Waals surface area contributed by atoms with Crippen molar-refractivity contribution < 1.29 is 9.72 Å². The normalized spacial score (nSPS) is 20.0. The van der Waals surface area contributed by atoms with Gasteiger partial charge >= 0.3 is 5.78 Å². The third kappa shape index (κ3) is 2.75. The predicted molar refractivity (Wildman–Crippen MR) is 87.7 cm³/mol. The van der Waals surface area contributed by atoms with E-state index >= 15 is 0 Å². The summed E-state index contributed by atoms with van der Waals surface area (Å²) in [6, 6.07) is 6.11. The van der Waals surface area contributed by atoms with Crippen molar-refractivity contribution in [2.75, 3.05) is 0 Å². The zero-order chi connectivity index (χ0) is 16.4. The zero-order valence-electron chi connectivity index (χ0n) is 12.1. The molecular weight excluding hydrogens is 302 g/mol. The van der Waals surface area contributed by atoms with Gasteiger partial charge in [-0.25, -0.2) is 4.79 Å². The smallest absolute Gasteiger partial charge is 0.314 e. The van der Waals surface area contributed by atoms with Crippen LogP contribution in [0, 0.1) is 16.0 Å². The fourth-order valence-corrected chi connectivity index (χ4v) is 2.88. The van der Waals surface area contributed by atoms with Gasteiger partial charge in [-0.15, -0.1) is 0 Å². The minimum absolute atomic E-state index is 0.0529. The summed E-state index contributed by atoms with van der Waals surface area (Å²) in [5, 5.41) is 11.0. The number of nitro groups is 1. The summed E-state index contributed by atoms with van der Waals surface area (Å²) in [7, 11) is 0. The Morgan fingerprint density at radius 2 is 2.23 bits per heavy atom. The van der Waals surface area contributed by atoms with Gasteiger partial charge < -0.3 is 5.73 Å². The number of nitrogens with zero attached hydrogens (tertiary/aromatic N) is 2. The van der Waals surface area contributed by atoms with Gasteiger partial charge in [-0.05, 0) is 0 Å². The van der Waals surface area contributed by atoms with E-state index < -0.39 is 10.8 Å². The van der Waals surface area contributed by atoms with Crippen LogP contribution in [0.4, 0.5) is 5.69 Å². The Balaban J connectivity index is 2.64. The van der Waals surface area contributed by atoms with Gasteiger partial charge in [0, 0.05) is 37.7 Å².